The van der Waals surface area contributed by atoms with Crippen molar-refractivity contribution in [3.05, 3.63) is 24.3 Å². The third-order valence-electron chi connectivity index (χ3n) is 9.70. The summed E-state index contributed by atoms with van der Waals surface area (Å²) in [7, 11) is 3.89. The molecular weight excluding hydrogens is 592 g/mol. The minimum atomic E-state index is -0.746. The Morgan fingerprint density at radius 3 is 1.19 bits per heavy atom. The zero-order valence-corrected chi connectivity index (χ0v) is 32.8. The molecule has 0 amide bonds. The molecule has 0 aromatic rings. The average molecular weight is 675 g/mol. The number of ketones is 2. The van der Waals surface area contributed by atoms with Gasteiger partial charge in [-0.1, -0.05) is 148 Å². The molecule has 0 aliphatic rings. The first-order chi connectivity index (χ1) is 23.4. The van der Waals surface area contributed by atoms with Crippen LogP contribution in [0.5, 0.6) is 0 Å². The lowest BCUT2D eigenvalue weighted by molar-refractivity contribution is -0.165. The van der Waals surface area contributed by atoms with Crippen molar-refractivity contribution in [2.75, 3.05) is 27.2 Å². The molecule has 0 heterocycles. The first-order valence-electron chi connectivity index (χ1n) is 20.8. The second-order valence-electron chi connectivity index (χ2n) is 14.7. The number of carbonyl (C=O) groups is 2. The fourth-order valence-corrected chi connectivity index (χ4v) is 6.64. The van der Waals surface area contributed by atoms with E-state index in [9.17, 15) is 14.8 Å². The Labute approximate surface area is 299 Å². The van der Waals surface area contributed by atoms with Crippen LogP contribution in [0.25, 0.3) is 0 Å². The fourth-order valence-electron chi connectivity index (χ4n) is 6.64. The van der Waals surface area contributed by atoms with Gasteiger partial charge in [-0.15, -0.1) is 0 Å². The standard InChI is InChI=1S/C43H82N2O3/c1-6-9-11-13-15-17-19-21-23-25-27-29-31-33-35-37-41(46)40(39-44(4)5)43(45(48)8-3)42(47)38-36-34-32-30-28-26-24-22-20-18-16-14-12-10-7-2/h21-24,40,43,48H,6-20,25-39H2,1-5H3. The van der Waals surface area contributed by atoms with E-state index in [1.807, 2.05) is 25.9 Å². The molecule has 1 N–H and O–H groups in total. The Balaban J connectivity index is 4.34. The smallest absolute Gasteiger partial charge is 0.153 e. The van der Waals surface area contributed by atoms with E-state index in [1.54, 1.807) is 0 Å². The molecule has 0 aromatic carbocycles. The summed E-state index contributed by atoms with van der Waals surface area (Å²) in [5, 5.41) is 11.9. The Morgan fingerprint density at radius 1 is 0.500 bits per heavy atom. The van der Waals surface area contributed by atoms with Crippen LogP contribution in [0.2, 0.25) is 0 Å². The van der Waals surface area contributed by atoms with Gasteiger partial charge in [0.05, 0.1) is 5.92 Å². The Hall–Kier alpha value is -1.30. The van der Waals surface area contributed by atoms with Crippen molar-refractivity contribution in [2.24, 2.45) is 5.92 Å². The van der Waals surface area contributed by atoms with Crippen LogP contribution in [0.4, 0.5) is 0 Å². The summed E-state index contributed by atoms with van der Waals surface area (Å²) in [6.07, 6.45) is 42.2. The van der Waals surface area contributed by atoms with Gasteiger partial charge in [0.1, 0.15) is 11.8 Å². The molecule has 0 bridgehead atoms. The van der Waals surface area contributed by atoms with Crippen molar-refractivity contribution in [3.8, 4) is 0 Å². The van der Waals surface area contributed by atoms with E-state index < -0.39 is 12.0 Å². The lowest BCUT2D eigenvalue weighted by Crippen LogP contribution is -2.50. The molecular formula is C43H82N2O3. The zero-order valence-electron chi connectivity index (χ0n) is 32.8. The van der Waals surface area contributed by atoms with Gasteiger partial charge in [-0.05, 0) is 78.3 Å². The molecule has 0 aromatic heterocycles. The molecule has 0 saturated heterocycles. The van der Waals surface area contributed by atoms with E-state index in [0.717, 1.165) is 56.4 Å². The Kier molecular flexibility index (Phi) is 34.6. The van der Waals surface area contributed by atoms with Crippen molar-refractivity contribution >= 4 is 11.6 Å². The molecule has 0 fully saturated rings. The first kappa shape index (κ1) is 46.7. The van der Waals surface area contributed by atoms with Gasteiger partial charge in [0, 0.05) is 25.9 Å². The highest BCUT2D eigenvalue weighted by Gasteiger charge is 2.36. The van der Waals surface area contributed by atoms with Gasteiger partial charge in [0.25, 0.3) is 0 Å². The summed E-state index contributed by atoms with van der Waals surface area (Å²) >= 11 is 0. The van der Waals surface area contributed by atoms with Gasteiger partial charge < -0.3 is 10.1 Å². The normalized spacial score (nSPS) is 13.4. The van der Waals surface area contributed by atoms with Crippen LogP contribution >= 0.6 is 0 Å². The van der Waals surface area contributed by atoms with Crippen LogP contribution in [0.3, 0.4) is 0 Å². The number of rotatable bonds is 37. The predicted octanol–water partition coefficient (Wildman–Crippen LogP) is 12.5. The second kappa shape index (κ2) is 35.5. The molecule has 282 valence electrons. The zero-order chi connectivity index (χ0) is 35.5. The number of unbranched alkanes of at least 4 members (excludes halogenated alkanes) is 22. The summed E-state index contributed by atoms with van der Waals surface area (Å²) < 4.78 is 0. The molecule has 2 unspecified atom stereocenters. The molecule has 0 aliphatic heterocycles. The Bertz CT molecular complexity index is 778. The highest BCUT2D eigenvalue weighted by atomic mass is 16.5. The SMILES string of the molecule is CCCCCCCCC=CCCCCCCCC(=O)C(CN(C)C)C(C(=O)CCCCCCCC=CCCCCCCCC)N(O)CC. The first-order valence-corrected chi connectivity index (χ1v) is 20.8. The molecule has 0 aliphatic carbocycles. The number of hydrogen-bond donors (Lipinski definition) is 1. The quantitative estimate of drug-likeness (QED) is 0.0404. The minimum absolute atomic E-state index is 0.0155. The van der Waals surface area contributed by atoms with Gasteiger partial charge in [-0.2, -0.15) is 5.06 Å². The third kappa shape index (κ3) is 28.5. The average Bonchev–Trinajstić information content (AvgIpc) is 3.07. The lowest BCUT2D eigenvalue weighted by atomic mass is 9.86. The highest BCUT2D eigenvalue weighted by Crippen LogP contribution is 2.21. The molecule has 5 nitrogen and oxygen atoms in total. The van der Waals surface area contributed by atoms with Crippen LogP contribution < -0.4 is 0 Å². The van der Waals surface area contributed by atoms with Crippen molar-refractivity contribution in [1.82, 2.24) is 9.96 Å². The maximum Gasteiger partial charge on any atom is 0.153 e. The number of nitrogens with zero attached hydrogens (tertiary/aromatic N) is 2. The summed E-state index contributed by atoms with van der Waals surface area (Å²) in [5.41, 5.74) is 0. The van der Waals surface area contributed by atoms with Crippen molar-refractivity contribution < 1.29 is 14.8 Å². The maximum atomic E-state index is 13.5. The van der Waals surface area contributed by atoms with Gasteiger partial charge in [0.2, 0.25) is 0 Å². The van der Waals surface area contributed by atoms with Crippen molar-refractivity contribution in [1.29, 1.82) is 0 Å². The number of hydroxylamine groups is 2. The number of hydrogen-bond acceptors (Lipinski definition) is 5. The van der Waals surface area contributed by atoms with Gasteiger partial charge in [0.15, 0.2) is 5.78 Å². The fraction of sp³-hybridized carbons (Fsp3) is 0.860. The van der Waals surface area contributed by atoms with Gasteiger partial charge in [-0.3, -0.25) is 9.59 Å². The van der Waals surface area contributed by atoms with Crippen LogP contribution in [0.15, 0.2) is 24.3 Å². The Morgan fingerprint density at radius 2 is 0.833 bits per heavy atom. The van der Waals surface area contributed by atoms with E-state index >= 15 is 0 Å². The number of allylic oxidation sites excluding steroid dienone is 4. The maximum absolute atomic E-state index is 13.5. The molecule has 0 rings (SSSR count). The van der Waals surface area contributed by atoms with Crippen molar-refractivity contribution in [2.45, 2.75) is 207 Å². The summed E-state index contributed by atoms with van der Waals surface area (Å²) in [4.78, 5) is 28.9. The van der Waals surface area contributed by atoms with Gasteiger partial charge in [-0.25, -0.2) is 0 Å². The molecule has 48 heavy (non-hydrogen) atoms. The monoisotopic (exact) mass is 675 g/mol. The molecule has 5 heteroatoms. The third-order valence-corrected chi connectivity index (χ3v) is 9.70. The van der Waals surface area contributed by atoms with Crippen LogP contribution in [0, 0.1) is 5.92 Å². The number of likely N-dealkylation sites (N-methyl/N-ethyl adjacent to an activating group) is 1. The van der Waals surface area contributed by atoms with E-state index in [2.05, 4.69) is 38.2 Å². The topological polar surface area (TPSA) is 60.9 Å². The summed E-state index contributed by atoms with van der Waals surface area (Å²) in [6, 6.07) is -0.746. The largest absolute Gasteiger partial charge is 0.313 e. The summed E-state index contributed by atoms with van der Waals surface area (Å²) in [5.74, 6) is -0.351. The highest BCUT2D eigenvalue weighted by molar-refractivity contribution is 5.92. The van der Waals surface area contributed by atoms with E-state index in [1.165, 1.54) is 116 Å². The van der Waals surface area contributed by atoms with Gasteiger partial charge >= 0.3 is 0 Å². The van der Waals surface area contributed by atoms with E-state index in [-0.39, 0.29) is 11.6 Å². The van der Waals surface area contributed by atoms with E-state index in [4.69, 9.17) is 0 Å². The van der Waals surface area contributed by atoms with Crippen LogP contribution in [-0.4, -0.2) is 60.0 Å². The summed E-state index contributed by atoms with van der Waals surface area (Å²) in [6.45, 7) is 7.21. The second-order valence-corrected chi connectivity index (χ2v) is 14.7. The van der Waals surface area contributed by atoms with Crippen LogP contribution in [-0.2, 0) is 9.59 Å². The predicted molar refractivity (Wildman–Crippen MR) is 209 cm³/mol. The molecule has 0 radical (unpaired) electrons. The lowest BCUT2D eigenvalue weighted by Gasteiger charge is -2.32. The molecule has 2 atom stereocenters. The number of Topliss-reactive ketones (excluding diaryl/α,β-unsaturated/α-hetero) is 2. The van der Waals surface area contributed by atoms with E-state index in [0.29, 0.717) is 25.9 Å². The molecule has 0 spiro atoms. The number of carbonyl (C=O) groups excluding carboxylic acids is 2. The van der Waals surface area contributed by atoms with Crippen molar-refractivity contribution in [3.63, 3.8) is 0 Å². The molecule has 0 saturated carbocycles. The van der Waals surface area contributed by atoms with Crippen LogP contribution in [0.1, 0.15) is 201 Å². The minimum Gasteiger partial charge on any atom is -0.313 e.